The lowest BCUT2D eigenvalue weighted by atomic mass is 10.1. The molecule has 0 saturated heterocycles. The smallest absolute Gasteiger partial charge is 0.319 e. The molecular formula is C14H20N2O4. The van der Waals surface area contributed by atoms with Crippen LogP contribution in [0.2, 0.25) is 0 Å². The molecule has 1 unspecified atom stereocenters. The van der Waals surface area contributed by atoms with Crippen LogP contribution in [0.25, 0.3) is 0 Å². The number of carboxylic acid groups (broad SMARTS) is 1. The Morgan fingerprint density at radius 2 is 1.95 bits per heavy atom. The maximum absolute atomic E-state index is 11.6. The first-order valence-electron chi connectivity index (χ1n) is 6.43. The zero-order valence-corrected chi connectivity index (χ0v) is 11.7. The number of nitrogens with one attached hydrogen (secondary N) is 2. The van der Waals surface area contributed by atoms with Crippen molar-refractivity contribution in [1.29, 1.82) is 0 Å². The van der Waals surface area contributed by atoms with Gasteiger partial charge < -0.3 is 20.5 Å². The summed E-state index contributed by atoms with van der Waals surface area (Å²) in [4.78, 5) is 22.2. The number of carboxylic acids is 1. The van der Waals surface area contributed by atoms with Crippen molar-refractivity contribution in [3.05, 3.63) is 29.8 Å². The average Bonchev–Trinajstić information content (AvgIpc) is 2.44. The van der Waals surface area contributed by atoms with Crippen molar-refractivity contribution in [2.45, 2.75) is 25.9 Å². The molecule has 0 fully saturated rings. The van der Waals surface area contributed by atoms with Crippen molar-refractivity contribution in [2.75, 3.05) is 19.0 Å². The topological polar surface area (TPSA) is 87.7 Å². The average molecular weight is 280 g/mol. The standard InChI is InChI=1S/C14H20N2O4/c1-3-10-4-6-11(7-5-10)16-14(19)15-9-12(20-2)8-13(17)18/h4-7,12H,3,8-9H2,1-2H3,(H,17,18)(H2,15,16,19). The molecule has 6 heteroatoms. The molecule has 1 aromatic carbocycles. The van der Waals surface area contributed by atoms with Gasteiger partial charge in [0.05, 0.1) is 12.5 Å². The first kappa shape index (κ1) is 16.0. The molecule has 1 atom stereocenters. The summed E-state index contributed by atoms with van der Waals surface area (Å²) < 4.78 is 4.97. The molecule has 0 aliphatic rings. The number of carbonyl (C=O) groups is 2. The fourth-order valence-corrected chi connectivity index (χ4v) is 1.64. The lowest BCUT2D eigenvalue weighted by molar-refractivity contribution is -0.139. The lowest BCUT2D eigenvalue weighted by Crippen LogP contribution is -2.37. The third kappa shape index (κ3) is 5.71. The van der Waals surface area contributed by atoms with E-state index in [1.54, 1.807) is 0 Å². The number of aliphatic carboxylic acids is 1. The number of ether oxygens (including phenoxy) is 1. The van der Waals surface area contributed by atoms with E-state index in [0.717, 1.165) is 6.42 Å². The van der Waals surface area contributed by atoms with E-state index in [0.29, 0.717) is 5.69 Å². The van der Waals surface area contributed by atoms with E-state index in [9.17, 15) is 9.59 Å². The van der Waals surface area contributed by atoms with Crippen LogP contribution < -0.4 is 10.6 Å². The normalized spacial score (nSPS) is 11.7. The molecule has 0 aliphatic carbocycles. The second-order valence-corrected chi connectivity index (χ2v) is 4.34. The number of aryl methyl sites for hydroxylation is 1. The van der Waals surface area contributed by atoms with Crippen LogP contribution in [0.15, 0.2) is 24.3 Å². The van der Waals surface area contributed by atoms with Crippen molar-refractivity contribution in [2.24, 2.45) is 0 Å². The number of anilines is 1. The summed E-state index contributed by atoms with van der Waals surface area (Å²) in [7, 11) is 1.41. The summed E-state index contributed by atoms with van der Waals surface area (Å²) in [6, 6.07) is 7.14. The van der Waals surface area contributed by atoms with Gasteiger partial charge in [-0.05, 0) is 24.1 Å². The maximum Gasteiger partial charge on any atom is 0.319 e. The highest BCUT2D eigenvalue weighted by atomic mass is 16.5. The fourth-order valence-electron chi connectivity index (χ4n) is 1.64. The van der Waals surface area contributed by atoms with Crippen molar-refractivity contribution < 1.29 is 19.4 Å². The van der Waals surface area contributed by atoms with E-state index in [-0.39, 0.29) is 19.0 Å². The van der Waals surface area contributed by atoms with Gasteiger partial charge >= 0.3 is 12.0 Å². The zero-order chi connectivity index (χ0) is 15.0. The molecule has 0 spiro atoms. The maximum atomic E-state index is 11.6. The van der Waals surface area contributed by atoms with Crippen molar-refractivity contribution in [3.63, 3.8) is 0 Å². The van der Waals surface area contributed by atoms with Crippen molar-refractivity contribution >= 4 is 17.7 Å². The summed E-state index contributed by atoms with van der Waals surface area (Å²) >= 11 is 0. The van der Waals surface area contributed by atoms with E-state index in [4.69, 9.17) is 9.84 Å². The van der Waals surface area contributed by atoms with Gasteiger partial charge in [-0.2, -0.15) is 0 Å². The van der Waals surface area contributed by atoms with Gasteiger partial charge in [-0.15, -0.1) is 0 Å². The summed E-state index contributed by atoms with van der Waals surface area (Å²) in [6.07, 6.45) is 0.250. The Bertz CT molecular complexity index is 445. The SMILES string of the molecule is CCc1ccc(NC(=O)NCC(CC(=O)O)OC)cc1. The predicted molar refractivity (Wildman–Crippen MR) is 75.9 cm³/mol. The molecule has 0 aliphatic heterocycles. The van der Waals surface area contributed by atoms with Crippen LogP contribution in [0.5, 0.6) is 0 Å². The van der Waals surface area contributed by atoms with Crippen LogP contribution in [0.3, 0.4) is 0 Å². The van der Waals surface area contributed by atoms with Gasteiger partial charge in [0.15, 0.2) is 0 Å². The van der Waals surface area contributed by atoms with Crippen LogP contribution in [-0.4, -0.2) is 36.9 Å². The summed E-state index contributed by atoms with van der Waals surface area (Å²) in [6.45, 7) is 2.20. The predicted octanol–water partition coefficient (Wildman–Crippen LogP) is 1.86. The van der Waals surface area contributed by atoms with Gasteiger partial charge in [0.25, 0.3) is 0 Å². The molecule has 0 bridgehead atoms. The van der Waals surface area contributed by atoms with Gasteiger partial charge in [0, 0.05) is 19.3 Å². The fraction of sp³-hybridized carbons (Fsp3) is 0.429. The van der Waals surface area contributed by atoms with E-state index in [1.165, 1.54) is 12.7 Å². The molecule has 0 saturated carbocycles. The van der Waals surface area contributed by atoms with Crippen LogP contribution in [0.1, 0.15) is 18.9 Å². The molecule has 110 valence electrons. The minimum absolute atomic E-state index is 0.141. The first-order chi connectivity index (χ1) is 9.55. The highest BCUT2D eigenvalue weighted by Gasteiger charge is 2.13. The molecule has 3 N–H and O–H groups in total. The summed E-state index contributed by atoms with van der Waals surface area (Å²) in [5.41, 5.74) is 1.88. The van der Waals surface area contributed by atoms with Crippen LogP contribution in [-0.2, 0) is 16.0 Å². The highest BCUT2D eigenvalue weighted by Crippen LogP contribution is 2.09. The monoisotopic (exact) mass is 280 g/mol. The largest absolute Gasteiger partial charge is 0.481 e. The van der Waals surface area contributed by atoms with E-state index in [1.807, 2.05) is 24.3 Å². The lowest BCUT2D eigenvalue weighted by Gasteiger charge is -2.14. The Morgan fingerprint density at radius 1 is 1.30 bits per heavy atom. The number of benzene rings is 1. The summed E-state index contributed by atoms with van der Waals surface area (Å²) in [5, 5.41) is 13.9. The number of carbonyl (C=O) groups excluding carboxylic acids is 1. The molecular weight excluding hydrogens is 260 g/mol. The molecule has 0 heterocycles. The van der Waals surface area contributed by atoms with E-state index >= 15 is 0 Å². The number of methoxy groups -OCH3 is 1. The minimum Gasteiger partial charge on any atom is -0.481 e. The third-order valence-electron chi connectivity index (χ3n) is 2.85. The molecule has 0 aromatic heterocycles. The summed E-state index contributed by atoms with van der Waals surface area (Å²) in [5.74, 6) is -0.964. The zero-order valence-electron chi connectivity index (χ0n) is 11.7. The Kier molecular flexibility index (Phi) is 6.52. The van der Waals surface area contributed by atoms with Crippen LogP contribution in [0, 0.1) is 0 Å². The van der Waals surface area contributed by atoms with Crippen molar-refractivity contribution in [1.82, 2.24) is 5.32 Å². The Hall–Kier alpha value is -2.08. The molecule has 6 nitrogen and oxygen atoms in total. The quantitative estimate of drug-likeness (QED) is 0.711. The van der Waals surface area contributed by atoms with Crippen molar-refractivity contribution in [3.8, 4) is 0 Å². The molecule has 1 aromatic rings. The number of urea groups is 1. The van der Waals surface area contributed by atoms with Crippen LogP contribution >= 0.6 is 0 Å². The minimum atomic E-state index is -0.964. The highest BCUT2D eigenvalue weighted by molar-refractivity contribution is 5.89. The van der Waals surface area contributed by atoms with Gasteiger partial charge in [-0.25, -0.2) is 4.79 Å². The number of hydrogen-bond donors (Lipinski definition) is 3. The van der Waals surface area contributed by atoms with Gasteiger partial charge in [-0.3, -0.25) is 4.79 Å². The number of hydrogen-bond acceptors (Lipinski definition) is 3. The Labute approximate surface area is 118 Å². The molecule has 1 rings (SSSR count). The van der Waals surface area contributed by atoms with Crippen LogP contribution in [0.4, 0.5) is 10.5 Å². The molecule has 0 radical (unpaired) electrons. The molecule has 20 heavy (non-hydrogen) atoms. The number of amides is 2. The first-order valence-corrected chi connectivity index (χ1v) is 6.43. The van der Waals surface area contributed by atoms with Gasteiger partial charge in [0.1, 0.15) is 0 Å². The Morgan fingerprint density at radius 3 is 2.45 bits per heavy atom. The third-order valence-corrected chi connectivity index (χ3v) is 2.85. The molecule has 2 amide bonds. The second kappa shape index (κ2) is 8.16. The van der Waals surface area contributed by atoms with Gasteiger partial charge in [-0.1, -0.05) is 19.1 Å². The Balaban J connectivity index is 2.40. The van der Waals surface area contributed by atoms with E-state index in [2.05, 4.69) is 17.6 Å². The second-order valence-electron chi connectivity index (χ2n) is 4.34. The number of rotatable bonds is 7. The van der Waals surface area contributed by atoms with Gasteiger partial charge in [0.2, 0.25) is 0 Å². The van der Waals surface area contributed by atoms with E-state index < -0.39 is 12.1 Å².